The minimum Gasteiger partial charge on any atom is -0.317 e. The van der Waals surface area contributed by atoms with Crippen LogP contribution in [-0.4, -0.2) is 36.2 Å². The van der Waals surface area contributed by atoms with Crippen LogP contribution < -0.4 is 5.32 Å². The van der Waals surface area contributed by atoms with Crippen LogP contribution in [0.2, 0.25) is 0 Å². The lowest BCUT2D eigenvalue weighted by atomic mass is 9.88. The normalized spacial score (nSPS) is 16.5. The van der Waals surface area contributed by atoms with E-state index >= 15 is 0 Å². The van der Waals surface area contributed by atoms with Gasteiger partial charge in [-0.05, 0) is 68.7 Å². The number of ketones is 1. The minimum absolute atomic E-state index is 0.0360. The summed E-state index contributed by atoms with van der Waals surface area (Å²) in [5.41, 5.74) is 3.90. The molecule has 1 N–H and O–H groups in total. The van der Waals surface area contributed by atoms with E-state index in [0.717, 1.165) is 67.7 Å². The Morgan fingerprint density at radius 3 is 2.58 bits per heavy atom. The first-order valence-corrected chi connectivity index (χ1v) is 13.0. The van der Waals surface area contributed by atoms with Crippen molar-refractivity contribution in [2.24, 2.45) is 11.8 Å². The van der Waals surface area contributed by atoms with Crippen LogP contribution in [0.4, 0.5) is 5.00 Å². The van der Waals surface area contributed by atoms with E-state index in [-0.39, 0.29) is 17.6 Å². The highest BCUT2D eigenvalue weighted by Gasteiger charge is 2.27. The summed E-state index contributed by atoms with van der Waals surface area (Å²) in [4.78, 5) is 29.0. The van der Waals surface area contributed by atoms with Gasteiger partial charge in [-0.15, -0.1) is 11.3 Å². The van der Waals surface area contributed by atoms with Gasteiger partial charge < -0.3 is 10.2 Å². The quantitative estimate of drug-likeness (QED) is 0.544. The van der Waals surface area contributed by atoms with Crippen LogP contribution in [0, 0.1) is 23.2 Å². The van der Waals surface area contributed by atoms with Crippen LogP contribution >= 0.6 is 11.3 Å². The summed E-state index contributed by atoms with van der Waals surface area (Å²) in [5.74, 6) is 0.888. The fraction of sp³-hybridized carbons (Fsp3) is 0.519. The van der Waals surface area contributed by atoms with Crippen molar-refractivity contribution < 1.29 is 9.59 Å². The summed E-state index contributed by atoms with van der Waals surface area (Å²) in [5, 5.41) is 13.2. The van der Waals surface area contributed by atoms with Crippen molar-refractivity contribution in [1.82, 2.24) is 4.90 Å². The number of amides is 1. The summed E-state index contributed by atoms with van der Waals surface area (Å²) in [6.07, 6.45) is 6.18. The van der Waals surface area contributed by atoms with Crippen LogP contribution in [0.15, 0.2) is 24.3 Å². The molecule has 0 saturated carbocycles. The van der Waals surface area contributed by atoms with Crippen molar-refractivity contribution in [1.29, 1.82) is 5.26 Å². The Kier molecular flexibility index (Phi) is 7.62. The first-order valence-electron chi connectivity index (χ1n) is 12.1. The van der Waals surface area contributed by atoms with Crippen LogP contribution in [-0.2, 0) is 24.1 Å². The number of Topliss-reactive ketones (excluding diaryl/α,β-unsaturated/α-hetero) is 1. The van der Waals surface area contributed by atoms with E-state index in [1.807, 2.05) is 12.1 Å². The predicted octanol–water partition coefficient (Wildman–Crippen LogP) is 5.23. The molecule has 5 nitrogen and oxygen atoms in total. The highest BCUT2D eigenvalue weighted by molar-refractivity contribution is 7.16. The highest BCUT2D eigenvalue weighted by atomic mass is 32.1. The molecule has 2 aliphatic rings. The van der Waals surface area contributed by atoms with Gasteiger partial charge in [-0.3, -0.25) is 9.59 Å². The minimum atomic E-state index is -0.0360. The van der Waals surface area contributed by atoms with Crippen molar-refractivity contribution in [3.8, 4) is 6.07 Å². The van der Waals surface area contributed by atoms with Gasteiger partial charge in [-0.2, -0.15) is 5.26 Å². The highest BCUT2D eigenvalue weighted by Crippen LogP contribution is 2.38. The lowest BCUT2D eigenvalue weighted by molar-refractivity contribution is -0.116. The number of fused-ring (bicyclic) bond motifs is 1. The third-order valence-corrected chi connectivity index (χ3v) is 7.99. The van der Waals surface area contributed by atoms with E-state index in [2.05, 4.69) is 42.3 Å². The molecule has 0 unspecified atom stereocenters. The largest absolute Gasteiger partial charge is 0.317 e. The first kappa shape index (κ1) is 23.7. The van der Waals surface area contributed by atoms with Gasteiger partial charge in [0.1, 0.15) is 11.1 Å². The lowest BCUT2D eigenvalue weighted by Crippen LogP contribution is -2.38. The molecule has 2 heterocycles. The molecular formula is C27H33N3O2S. The maximum atomic E-state index is 12.9. The molecule has 0 bridgehead atoms. The molecular weight excluding hydrogens is 430 g/mol. The van der Waals surface area contributed by atoms with E-state index in [1.165, 1.54) is 10.4 Å². The number of nitrogens with zero attached hydrogens (tertiary/aromatic N) is 2. The Balaban J connectivity index is 1.22. The number of nitriles is 1. The van der Waals surface area contributed by atoms with Gasteiger partial charge in [0.05, 0.1) is 5.56 Å². The third kappa shape index (κ3) is 5.72. The molecule has 1 fully saturated rings. The van der Waals surface area contributed by atoms with Gasteiger partial charge in [0, 0.05) is 29.3 Å². The Morgan fingerprint density at radius 1 is 1.18 bits per heavy atom. The van der Waals surface area contributed by atoms with Gasteiger partial charge >= 0.3 is 0 Å². The molecule has 2 aromatic rings. The molecule has 1 aromatic heterocycles. The molecule has 33 heavy (non-hydrogen) atoms. The summed E-state index contributed by atoms with van der Waals surface area (Å²) in [7, 11) is 0. The van der Waals surface area contributed by atoms with E-state index in [9.17, 15) is 14.9 Å². The van der Waals surface area contributed by atoms with Gasteiger partial charge in [-0.1, -0.05) is 38.1 Å². The second kappa shape index (κ2) is 10.6. The summed E-state index contributed by atoms with van der Waals surface area (Å²) in [6.45, 7) is 6.77. The number of thiophene rings is 1. The summed E-state index contributed by atoms with van der Waals surface area (Å²) >= 11 is 1.56. The Labute approximate surface area is 200 Å². The van der Waals surface area contributed by atoms with E-state index < -0.39 is 0 Å². The number of piperidine rings is 1. The van der Waals surface area contributed by atoms with Crippen LogP contribution in [0.25, 0.3) is 0 Å². The van der Waals surface area contributed by atoms with E-state index in [0.29, 0.717) is 24.4 Å². The lowest BCUT2D eigenvalue weighted by Gasteiger charge is -2.31. The van der Waals surface area contributed by atoms with Crippen molar-refractivity contribution >= 4 is 28.0 Å². The molecule has 174 valence electrons. The number of likely N-dealkylation sites (tertiary alicyclic amines) is 1. The number of carbonyl (C=O) groups is 2. The van der Waals surface area contributed by atoms with Crippen LogP contribution in [0.3, 0.4) is 0 Å². The molecule has 1 saturated heterocycles. The standard InChI is InChI=1S/C27H33N3O2S/c1-18(2)16-19-6-8-20(9-7-19)26(32)21-10-13-30(14-11-21)15-12-25(31)29-27-23(17-28)22-4-3-5-24(22)33-27/h6-9,18,21H,3-5,10-16H2,1-2H3,(H,29,31). The second-order valence-electron chi connectivity index (χ2n) is 9.75. The molecule has 1 aliphatic heterocycles. The molecule has 1 aromatic carbocycles. The molecule has 6 heteroatoms. The number of carbonyl (C=O) groups excluding carboxylic acids is 2. The van der Waals surface area contributed by atoms with Crippen molar-refractivity contribution in [2.75, 3.05) is 25.0 Å². The number of anilines is 1. The number of aryl methyl sites for hydroxylation is 1. The fourth-order valence-corrected chi connectivity index (χ4v) is 6.25. The second-order valence-corrected chi connectivity index (χ2v) is 10.9. The van der Waals surface area contributed by atoms with Crippen LogP contribution in [0.1, 0.15) is 71.5 Å². The smallest absolute Gasteiger partial charge is 0.226 e. The fourth-order valence-electron chi connectivity index (χ4n) is 4.99. The maximum Gasteiger partial charge on any atom is 0.226 e. The molecule has 1 aliphatic carbocycles. The number of rotatable bonds is 8. The van der Waals surface area contributed by atoms with E-state index in [4.69, 9.17) is 0 Å². The molecule has 0 atom stereocenters. The number of benzene rings is 1. The molecule has 1 amide bonds. The van der Waals surface area contributed by atoms with Crippen molar-refractivity contribution in [2.45, 2.75) is 58.8 Å². The van der Waals surface area contributed by atoms with Gasteiger partial charge in [0.15, 0.2) is 5.78 Å². The zero-order chi connectivity index (χ0) is 23.4. The monoisotopic (exact) mass is 463 g/mol. The summed E-state index contributed by atoms with van der Waals surface area (Å²) in [6, 6.07) is 10.4. The first-order chi connectivity index (χ1) is 15.9. The maximum absolute atomic E-state index is 12.9. The Morgan fingerprint density at radius 2 is 1.91 bits per heavy atom. The molecule has 0 spiro atoms. The van der Waals surface area contributed by atoms with Gasteiger partial charge in [-0.25, -0.2) is 0 Å². The zero-order valence-electron chi connectivity index (χ0n) is 19.7. The Hall–Kier alpha value is -2.49. The average Bonchev–Trinajstić information content (AvgIpc) is 3.38. The van der Waals surface area contributed by atoms with Crippen molar-refractivity contribution in [3.05, 3.63) is 51.4 Å². The van der Waals surface area contributed by atoms with Gasteiger partial charge in [0.2, 0.25) is 5.91 Å². The van der Waals surface area contributed by atoms with Crippen molar-refractivity contribution in [3.63, 3.8) is 0 Å². The molecule has 4 rings (SSSR count). The van der Waals surface area contributed by atoms with Crippen LogP contribution in [0.5, 0.6) is 0 Å². The number of hydrogen-bond acceptors (Lipinski definition) is 5. The zero-order valence-corrected chi connectivity index (χ0v) is 20.5. The molecule has 0 radical (unpaired) electrons. The number of hydrogen-bond donors (Lipinski definition) is 1. The number of nitrogens with one attached hydrogen (secondary N) is 1. The third-order valence-electron chi connectivity index (χ3n) is 6.78. The predicted molar refractivity (Wildman–Crippen MR) is 133 cm³/mol. The summed E-state index contributed by atoms with van der Waals surface area (Å²) < 4.78 is 0. The topological polar surface area (TPSA) is 73.2 Å². The Bertz CT molecular complexity index is 1040. The van der Waals surface area contributed by atoms with E-state index in [1.54, 1.807) is 11.3 Å². The SMILES string of the molecule is CC(C)Cc1ccc(C(=O)C2CCN(CCC(=O)Nc3sc4c(c3C#N)CCC4)CC2)cc1. The average molecular weight is 464 g/mol. The van der Waals surface area contributed by atoms with Gasteiger partial charge in [0.25, 0.3) is 0 Å².